The van der Waals surface area contributed by atoms with Gasteiger partial charge >= 0.3 is 28.2 Å². The van der Waals surface area contributed by atoms with Crippen molar-refractivity contribution in [3.63, 3.8) is 0 Å². The third-order valence-electron chi connectivity index (χ3n) is 3.90. The molecule has 2 heterocycles. The van der Waals surface area contributed by atoms with Gasteiger partial charge in [-0.15, -0.1) is 0 Å². The van der Waals surface area contributed by atoms with Crippen LogP contribution in [0.3, 0.4) is 0 Å². The van der Waals surface area contributed by atoms with E-state index >= 15 is 0 Å². The van der Waals surface area contributed by atoms with Gasteiger partial charge < -0.3 is 14.0 Å². The largest absolute Gasteiger partial charge is 0.609 e. The van der Waals surface area contributed by atoms with Crippen LogP contribution in [-0.4, -0.2) is 56.8 Å². The summed E-state index contributed by atoms with van der Waals surface area (Å²) in [4.78, 5) is 11.9. The fraction of sp³-hybridized carbons (Fsp3) is 0.294. The van der Waals surface area contributed by atoms with E-state index in [1.165, 1.54) is 0 Å². The number of ether oxygens (including phenoxy) is 2. The summed E-state index contributed by atoms with van der Waals surface area (Å²) in [6.45, 7) is 3.86. The Morgan fingerprint density at radius 1 is 1.20 bits per heavy atom. The molecule has 0 aliphatic rings. The number of rotatable bonds is 5. The van der Waals surface area contributed by atoms with Crippen LogP contribution in [-0.2, 0) is 16.9 Å². The summed E-state index contributed by atoms with van der Waals surface area (Å²) < 4.78 is 23.3. The second-order valence-electron chi connectivity index (χ2n) is 5.46. The molecule has 0 bridgehead atoms. The predicted molar refractivity (Wildman–Crippen MR) is 102 cm³/mol. The number of aryl methyl sites for hydroxylation is 1. The Morgan fingerprint density at radius 3 is 2.64 bits per heavy atom. The number of nitrogens with zero attached hydrogens (tertiary/aromatic N) is 2. The average molecular weight is 372 g/mol. The summed E-state index contributed by atoms with van der Waals surface area (Å²) in [7, 11) is 3.23. The van der Waals surface area contributed by atoms with Crippen LogP contribution >= 0.6 is 0 Å². The highest BCUT2D eigenvalue weighted by molar-refractivity contribution is 7.90. The molecule has 3 aromatic rings. The highest BCUT2D eigenvalue weighted by atomic mass is 32.2. The summed E-state index contributed by atoms with van der Waals surface area (Å²) >= 11 is -1.33. The molecule has 6 nitrogen and oxygen atoms in total. The number of hydrogen-bond acceptors (Lipinski definition) is 5. The molecular formula is C17H21MgN3O3S. The zero-order chi connectivity index (χ0) is 17.3. The average Bonchev–Trinajstić information content (AvgIpc) is 3.01. The second kappa shape index (κ2) is 8.26. The van der Waals surface area contributed by atoms with Gasteiger partial charge in [-0.2, -0.15) is 4.98 Å². The van der Waals surface area contributed by atoms with E-state index in [0.29, 0.717) is 5.16 Å². The van der Waals surface area contributed by atoms with Gasteiger partial charge in [0.25, 0.3) is 0 Å². The van der Waals surface area contributed by atoms with Crippen molar-refractivity contribution < 1.29 is 14.0 Å². The highest BCUT2D eigenvalue weighted by Gasteiger charge is 2.21. The van der Waals surface area contributed by atoms with Gasteiger partial charge in [-0.25, -0.2) is 0 Å². The molecule has 0 unspecified atom stereocenters. The molecule has 0 radical (unpaired) electrons. The Hall–Kier alpha value is -1.48. The molecule has 0 aliphatic carbocycles. The van der Waals surface area contributed by atoms with E-state index in [4.69, 9.17) is 9.47 Å². The van der Waals surface area contributed by atoms with E-state index in [-0.39, 0.29) is 28.8 Å². The van der Waals surface area contributed by atoms with E-state index in [1.54, 1.807) is 20.4 Å². The van der Waals surface area contributed by atoms with E-state index < -0.39 is 11.2 Å². The highest BCUT2D eigenvalue weighted by Crippen LogP contribution is 2.27. The standard InChI is InChI=1S/C17H19N3O3S.Mg.2H/c1-10-8-18-15(11(2)16(10)23-4)9-24(21)17-19-13-6-5-12(22-3)7-14(13)20-17;;;/h5-8H,9H2,1-4H3,(H,19,20);;;/t24-;;;/m1.../s1. The normalized spacial score (nSPS) is 11.9. The van der Waals surface area contributed by atoms with Gasteiger partial charge in [0.2, 0.25) is 0 Å². The number of pyridine rings is 1. The minimum absolute atomic E-state index is 0. The minimum atomic E-state index is -1.33. The second-order valence-corrected chi connectivity index (χ2v) is 6.83. The van der Waals surface area contributed by atoms with Gasteiger partial charge in [0, 0.05) is 34.6 Å². The number of nitrogens with one attached hydrogen (secondary N) is 1. The Bertz CT molecular complexity index is 885. The summed E-state index contributed by atoms with van der Waals surface area (Å²) in [5.74, 6) is 1.79. The van der Waals surface area contributed by atoms with E-state index in [0.717, 1.165) is 39.4 Å². The molecule has 0 aliphatic heterocycles. The smallest absolute Gasteiger partial charge is 0.322 e. The van der Waals surface area contributed by atoms with Gasteiger partial charge in [0.1, 0.15) is 11.5 Å². The molecule has 0 spiro atoms. The zero-order valence-corrected chi connectivity index (χ0v) is 14.9. The SMILES string of the molecule is COc1ccc2nc([S@+]([O-])Cc3ncc(C)c(OC)c3C)[nH]c2c1.[MgH2]. The fourth-order valence-corrected chi connectivity index (χ4v) is 3.71. The third-order valence-corrected chi connectivity index (χ3v) is 5.06. The minimum Gasteiger partial charge on any atom is -0.609 e. The maximum atomic E-state index is 12.7. The molecule has 25 heavy (non-hydrogen) atoms. The molecule has 0 saturated heterocycles. The van der Waals surface area contributed by atoms with Gasteiger partial charge in [-0.05, 0) is 26.0 Å². The van der Waals surface area contributed by atoms with Crippen LogP contribution < -0.4 is 9.47 Å². The lowest BCUT2D eigenvalue weighted by Crippen LogP contribution is -2.10. The Labute approximate surface area is 165 Å². The lowest BCUT2D eigenvalue weighted by Gasteiger charge is -2.13. The van der Waals surface area contributed by atoms with Crippen molar-refractivity contribution in [2.45, 2.75) is 24.8 Å². The molecule has 0 saturated carbocycles. The van der Waals surface area contributed by atoms with Crippen LogP contribution in [0, 0.1) is 13.8 Å². The van der Waals surface area contributed by atoms with Crippen molar-refractivity contribution >= 4 is 45.3 Å². The molecule has 130 valence electrons. The van der Waals surface area contributed by atoms with Gasteiger partial charge in [0.05, 0.1) is 30.9 Å². The van der Waals surface area contributed by atoms with E-state index in [9.17, 15) is 4.55 Å². The van der Waals surface area contributed by atoms with E-state index in [1.807, 2.05) is 32.0 Å². The molecule has 0 fully saturated rings. The van der Waals surface area contributed by atoms with Gasteiger partial charge in [0.15, 0.2) is 5.75 Å². The lowest BCUT2D eigenvalue weighted by molar-refractivity contribution is 0.407. The summed E-state index contributed by atoms with van der Waals surface area (Å²) in [6.07, 6.45) is 1.74. The molecule has 2 aromatic heterocycles. The number of benzene rings is 1. The molecule has 8 heteroatoms. The number of hydrogen-bond donors (Lipinski definition) is 1. The first-order valence-electron chi connectivity index (χ1n) is 7.44. The first kappa shape index (κ1) is 19.8. The number of methoxy groups -OCH3 is 2. The summed E-state index contributed by atoms with van der Waals surface area (Å²) in [5.41, 5.74) is 4.16. The maximum absolute atomic E-state index is 12.7. The topological polar surface area (TPSA) is 83.1 Å². The zero-order valence-electron chi connectivity index (χ0n) is 14.0. The van der Waals surface area contributed by atoms with Crippen molar-refractivity contribution in [1.29, 1.82) is 0 Å². The summed E-state index contributed by atoms with van der Waals surface area (Å²) in [6, 6.07) is 5.50. The number of fused-ring (bicyclic) bond motifs is 1. The number of aromatic amines is 1. The van der Waals surface area contributed by atoms with Gasteiger partial charge in [-0.3, -0.25) is 9.97 Å². The Kier molecular flexibility index (Phi) is 6.56. The Morgan fingerprint density at radius 2 is 1.96 bits per heavy atom. The van der Waals surface area contributed by atoms with Crippen LogP contribution in [0.5, 0.6) is 11.5 Å². The molecule has 1 N–H and O–H groups in total. The fourth-order valence-electron chi connectivity index (χ4n) is 2.61. The van der Waals surface area contributed by atoms with Crippen LogP contribution in [0.2, 0.25) is 0 Å². The molecule has 3 rings (SSSR count). The van der Waals surface area contributed by atoms with Crippen LogP contribution in [0.25, 0.3) is 11.0 Å². The molecular weight excluding hydrogens is 351 g/mol. The number of aromatic nitrogens is 3. The van der Waals surface area contributed by atoms with Gasteiger partial charge in [-0.1, -0.05) is 0 Å². The quantitative estimate of drug-likeness (QED) is 0.547. The lowest BCUT2D eigenvalue weighted by atomic mass is 10.1. The first-order valence-corrected chi connectivity index (χ1v) is 8.76. The van der Waals surface area contributed by atoms with Crippen molar-refractivity contribution in [3.05, 3.63) is 41.2 Å². The molecule has 1 atom stereocenters. The number of imidazole rings is 1. The predicted octanol–water partition coefficient (Wildman–Crippen LogP) is 1.98. The van der Waals surface area contributed by atoms with Crippen LogP contribution in [0.4, 0.5) is 0 Å². The van der Waals surface area contributed by atoms with E-state index in [2.05, 4.69) is 15.0 Å². The third kappa shape index (κ3) is 4.03. The summed E-state index contributed by atoms with van der Waals surface area (Å²) in [5, 5.41) is 0.430. The maximum Gasteiger partial charge on any atom is 0.322 e. The monoisotopic (exact) mass is 371 g/mol. The van der Waals surface area contributed by atoms with Crippen LogP contribution in [0.1, 0.15) is 16.8 Å². The molecule has 0 amide bonds. The van der Waals surface area contributed by atoms with Crippen molar-refractivity contribution in [2.24, 2.45) is 0 Å². The number of H-pyrrole nitrogens is 1. The molecule has 1 aromatic carbocycles. The van der Waals surface area contributed by atoms with Crippen molar-refractivity contribution in [2.75, 3.05) is 14.2 Å². The first-order chi connectivity index (χ1) is 11.5. The van der Waals surface area contributed by atoms with Crippen molar-refractivity contribution in [1.82, 2.24) is 15.0 Å². The van der Waals surface area contributed by atoms with Crippen LogP contribution in [0.15, 0.2) is 29.6 Å². The van der Waals surface area contributed by atoms with Crippen molar-refractivity contribution in [3.8, 4) is 11.5 Å². The Balaban J connectivity index is 0.00000225.